The van der Waals surface area contributed by atoms with Gasteiger partial charge in [-0.05, 0) is 54.9 Å². The Hall–Kier alpha value is -1.90. The summed E-state index contributed by atoms with van der Waals surface area (Å²) in [5.74, 6) is 1.77. The average molecular weight is 355 g/mol. The van der Waals surface area contributed by atoms with Gasteiger partial charge in [0.25, 0.3) is 0 Å². The summed E-state index contributed by atoms with van der Waals surface area (Å²) < 4.78 is 20.1. The summed E-state index contributed by atoms with van der Waals surface area (Å²) in [5.41, 5.74) is 2.51. The molecule has 0 radical (unpaired) electrons. The highest BCUT2D eigenvalue weighted by molar-refractivity contribution is 5.61. The van der Waals surface area contributed by atoms with Gasteiger partial charge in [-0.2, -0.15) is 0 Å². The predicted octanol–water partition coefficient (Wildman–Crippen LogP) is 6.75. The fourth-order valence-corrected chi connectivity index (χ4v) is 3.73. The molecule has 0 N–H and O–H groups in total. The van der Waals surface area contributed by atoms with Crippen molar-refractivity contribution in [1.82, 2.24) is 4.98 Å². The van der Waals surface area contributed by atoms with Gasteiger partial charge >= 0.3 is 0 Å². The van der Waals surface area contributed by atoms with Crippen LogP contribution in [0.4, 0.5) is 4.39 Å². The Labute approximate surface area is 156 Å². The molecular weight excluding hydrogens is 325 g/mol. The van der Waals surface area contributed by atoms with E-state index in [9.17, 15) is 4.39 Å². The molecule has 3 heteroatoms. The minimum atomic E-state index is -0.273. The zero-order chi connectivity index (χ0) is 18.4. The summed E-state index contributed by atoms with van der Waals surface area (Å²) >= 11 is 0. The van der Waals surface area contributed by atoms with Gasteiger partial charge in [-0.3, -0.25) is 4.98 Å². The van der Waals surface area contributed by atoms with E-state index in [2.05, 4.69) is 24.9 Å². The molecule has 1 saturated carbocycles. The van der Waals surface area contributed by atoms with Crippen LogP contribution in [0.2, 0.25) is 0 Å². The lowest BCUT2D eigenvalue weighted by atomic mass is 9.80. The number of aromatic nitrogens is 1. The minimum Gasteiger partial charge on any atom is -0.493 e. The normalized spacial score (nSPS) is 20.1. The molecule has 1 aliphatic rings. The first-order chi connectivity index (χ1) is 12.7. The highest BCUT2D eigenvalue weighted by atomic mass is 19.1. The fourth-order valence-electron chi connectivity index (χ4n) is 3.73. The Morgan fingerprint density at radius 1 is 1.08 bits per heavy atom. The summed E-state index contributed by atoms with van der Waals surface area (Å²) in [6, 6.07) is 9.15. The van der Waals surface area contributed by atoms with E-state index in [1.807, 2.05) is 18.3 Å². The molecule has 1 aromatic carbocycles. The number of nitrogens with zero attached hydrogens (tertiary/aromatic N) is 1. The molecule has 2 aromatic rings. The molecule has 0 amide bonds. The van der Waals surface area contributed by atoms with Crippen LogP contribution in [-0.4, -0.2) is 11.6 Å². The summed E-state index contributed by atoms with van der Waals surface area (Å²) in [4.78, 5) is 4.54. The molecule has 1 fully saturated rings. The number of unbranched alkanes of at least 4 members (excludes halogenated alkanes) is 2. The summed E-state index contributed by atoms with van der Waals surface area (Å²) in [6.45, 7) is 5.12. The van der Waals surface area contributed by atoms with Crippen LogP contribution in [0.15, 0.2) is 36.5 Å². The Kier molecular flexibility index (Phi) is 6.65. The summed E-state index contributed by atoms with van der Waals surface area (Å²) in [7, 11) is 0. The average Bonchev–Trinajstić information content (AvgIpc) is 2.66. The topological polar surface area (TPSA) is 22.1 Å². The van der Waals surface area contributed by atoms with E-state index in [0.29, 0.717) is 29.5 Å². The Bertz CT molecular complexity index is 690. The van der Waals surface area contributed by atoms with Gasteiger partial charge in [0.15, 0.2) is 0 Å². The van der Waals surface area contributed by atoms with Crippen LogP contribution in [0.25, 0.3) is 11.3 Å². The fraction of sp³-hybridized carbons (Fsp3) is 0.522. The number of hydrogen-bond donors (Lipinski definition) is 0. The molecule has 1 aromatic heterocycles. The molecule has 0 saturated heterocycles. The van der Waals surface area contributed by atoms with Gasteiger partial charge in [-0.25, -0.2) is 4.39 Å². The number of halogens is 1. The van der Waals surface area contributed by atoms with E-state index in [-0.39, 0.29) is 5.82 Å². The molecule has 0 spiro atoms. The quantitative estimate of drug-likeness (QED) is 0.512. The standard InChI is InChI=1S/C23H30FNO/c1-3-4-5-14-26-20-11-12-21(22(24)15-20)23-13-10-19(16-25-23)18-8-6-17(2)7-9-18/h10-13,15-18H,3-9,14H2,1-2H3/t17-,18-. The molecule has 1 heterocycles. The van der Waals surface area contributed by atoms with Crippen LogP contribution < -0.4 is 4.74 Å². The smallest absolute Gasteiger partial charge is 0.136 e. The van der Waals surface area contributed by atoms with Gasteiger partial charge in [0.2, 0.25) is 0 Å². The predicted molar refractivity (Wildman–Crippen MR) is 105 cm³/mol. The Morgan fingerprint density at radius 3 is 2.54 bits per heavy atom. The monoisotopic (exact) mass is 355 g/mol. The van der Waals surface area contributed by atoms with E-state index in [4.69, 9.17) is 4.74 Å². The van der Waals surface area contributed by atoms with Crippen LogP contribution in [-0.2, 0) is 0 Å². The van der Waals surface area contributed by atoms with Crippen molar-refractivity contribution in [3.63, 3.8) is 0 Å². The zero-order valence-corrected chi connectivity index (χ0v) is 16.0. The van der Waals surface area contributed by atoms with Gasteiger partial charge in [0.05, 0.1) is 12.3 Å². The van der Waals surface area contributed by atoms with Crippen LogP contribution in [0.3, 0.4) is 0 Å². The highest BCUT2D eigenvalue weighted by Crippen LogP contribution is 2.35. The van der Waals surface area contributed by atoms with Gasteiger partial charge < -0.3 is 4.74 Å². The maximum absolute atomic E-state index is 14.5. The molecule has 26 heavy (non-hydrogen) atoms. The summed E-state index contributed by atoms with van der Waals surface area (Å²) in [5, 5.41) is 0. The third kappa shape index (κ3) is 4.84. The Balaban J connectivity index is 1.65. The van der Waals surface area contributed by atoms with E-state index in [1.165, 1.54) is 37.3 Å². The van der Waals surface area contributed by atoms with Crippen molar-refractivity contribution in [2.45, 2.75) is 64.7 Å². The number of benzene rings is 1. The molecule has 0 unspecified atom stereocenters. The molecular formula is C23H30FNO. The largest absolute Gasteiger partial charge is 0.493 e. The lowest BCUT2D eigenvalue weighted by Gasteiger charge is -2.26. The van der Waals surface area contributed by atoms with Crippen LogP contribution in [0.1, 0.15) is 70.3 Å². The maximum atomic E-state index is 14.5. The number of pyridine rings is 1. The molecule has 140 valence electrons. The van der Waals surface area contributed by atoms with Crippen LogP contribution in [0.5, 0.6) is 5.75 Å². The number of ether oxygens (including phenoxy) is 1. The number of rotatable bonds is 7. The first-order valence-electron chi connectivity index (χ1n) is 10.1. The van der Waals surface area contributed by atoms with Gasteiger partial charge in [-0.1, -0.05) is 45.6 Å². The van der Waals surface area contributed by atoms with E-state index < -0.39 is 0 Å². The van der Waals surface area contributed by atoms with Crippen molar-refractivity contribution in [3.8, 4) is 17.0 Å². The molecule has 0 aliphatic heterocycles. The SMILES string of the molecule is CCCCCOc1ccc(-c2ccc([C@H]3CC[C@H](C)CC3)cn2)c(F)c1. The van der Waals surface area contributed by atoms with Crippen molar-refractivity contribution < 1.29 is 9.13 Å². The minimum absolute atomic E-state index is 0.273. The van der Waals surface area contributed by atoms with Crippen molar-refractivity contribution in [1.29, 1.82) is 0 Å². The van der Waals surface area contributed by atoms with E-state index >= 15 is 0 Å². The van der Waals surface area contributed by atoms with Crippen molar-refractivity contribution >= 4 is 0 Å². The highest BCUT2D eigenvalue weighted by Gasteiger charge is 2.20. The number of hydrogen-bond acceptors (Lipinski definition) is 2. The lowest BCUT2D eigenvalue weighted by molar-refractivity contribution is 0.305. The molecule has 0 bridgehead atoms. The third-order valence-electron chi connectivity index (χ3n) is 5.51. The second-order valence-electron chi connectivity index (χ2n) is 7.63. The van der Waals surface area contributed by atoms with E-state index in [1.54, 1.807) is 6.07 Å². The zero-order valence-electron chi connectivity index (χ0n) is 16.0. The first kappa shape index (κ1) is 18.9. The molecule has 1 aliphatic carbocycles. The van der Waals surface area contributed by atoms with Gasteiger partial charge in [0.1, 0.15) is 11.6 Å². The van der Waals surface area contributed by atoms with Crippen LogP contribution >= 0.6 is 0 Å². The third-order valence-corrected chi connectivity index (χ3v) is 5.51. The van der Waals surface area contributed by atoms with Crippen molar-refractivity contribution in [3.05, 3.63) is 47.9 Å². The van der Waals surface area contributed by atoms with Crippen molar-refractivity contribution in [2.24, 2.45) is 5.92 Å². The Morgan fingerprint density at radius 2 is 1.88 bits per heavy atom. The molecule has 0 atom stereocenters. The van der Waals surface area contributed by atoms with E-state index in [0.717, 1.165) is 25.2 Å². The van der Waals surface area contributed by atoms with Crippen LogP contribution in [0, 0.1) is 11.7 Å². The second kappa shape index (κ2) is 9.16. The van der Waals surface area contributed by atoms with Gasteiger partial charge in [-0.15, -0.1) is 0 Å². The molecule has 3 rings (SSSR count). The first-order valence-corrected chi connectivity index (χ1v) is 10.1. The summed E-state index contributed by atoms with van der Waals surface area (Å²) in [6.07, 6.45) is 10.3. The van der Waals surface area contributed by atoms with Gasteiger partial charge in [0, 0.05) is 17.8 Å². The molecule has 2 nitrogen and oxygen atoms in total. The maximum Gasteiger partial charge on any atom is 0.136 e. The van der Waals surface area contributed by atoms with Crippen molar-refractivity contribution in [2.75, 3.05) is 6.61 Å². The lowest BCUT2D eigenvalue weighted by Crippen LogP contribution is -2.11. The second-order valence-corrected chi connectivity index (χ2v) is 7.63.